The molecule has 0 bridgehead atoms. The number of rotatable bonds is 3. The summed E-state index contributed by atoms with van der Waals surface area (Å²) in [5.41, 5.74) is 5.77. The van der Waals surface area contributed by atoms with Crippen LogP contribution < -0.4 is 4.74 Å². The molecule has 0 fully saturated rings. The number of benzene rings is 3. The summed E-state index contributed by atoms with van der Waals surface area (Å²) in [4.78, 5) is 3.47. The molecule has 0 aliphatic rings. The van der Waals surface area contributed by atoms with Gasteiger partial charge in [-0.05, 0) is 28.8 Å². The topological polar surface area (TPSA) is 25.0 Å². The van der Waals surface area contributed by atoms with Crippen LogP contribution in [0.2, 0.25) is 0 Å². The molecule has 0 aliphatic carbocycles. The van der Waals surface area contributed by atoms with Gasteiger partial charge >= 0.3 is 0 Å². The van der Waals surface area contributed by atoms with Crippen molar-refractivity contribution >= 4 is 10.9 Å². The van der Waals surface area contributed by atoms with Crippen LogP contribution in [-0.2, 0) is 0 Å². The lowest BCUT2D eigenvalue weighted by Crippen LogP contribution is -1.83. The van der Waals surface area contributed by atoms with E-state index in [4.69, 9.17) is 4.74 Å². The summed E-state index contributed by atoms with van der Waals surface area (Å²) in [6.07, 6.45) is 0. The van der Waals surface area contributed by atoms with E-state index in [1.54, 1.807) is 7.11 Å². The average Bonchev–Trinajstić information content (AvgIpc) is 3.07. The van der Waals surface area contributed by atoms with Crippen LogP contribution in [0.4, 0.5) is 0 Å². The zero-order valence-electron chi connectivity index (χ0n) is 12.9. The van der Waals surface area contributed by atoms with Crippen molar-refractivity contribution in [2.75, 3.05) is 7.11 Å². The number of aromatic nitrogens is 1. The lowest BCUT2D eigenvalue weighted by molar-refractivity contribution is 0.419. The molecular formula is C21H17NO. The monoisotopic (exact) mass is 299 g/mol. The number of H-pyrrole nitrogens is 1. The van der Waals surface area contributed by atoms with Gasteiger partial charge in [-0.1, -0.05) is 66.7 Å². The van der Waals surface area contributed by atoms with E-state index in [2.05, 4.69) is 65.6 Å². The average molecular weight is 299 g/mol. The number of para-hydroxylation sites is 1. The molecule has 0 saturated heterocycles. The summed E-state index contributed by atoms with van der Waals surface area (Å²) in [7, 11) is 1.70. The van der Waals surface area contributed by atoms with E-state index >= 15 is 0 Å². The predicted molar refractivity (Wildman–Crippen MR) is 95.7 cm³/mol. The largest absolute Gasteiger partial charge is 0.495 e. The lowest BCUT2D eigenvalue weighted by Gasteiger charge is -2.03. The van der Waals surface area contributed by atoms with Crippen LogP contribution in [0.15, 0.2) is 78.9 Å². The van der Waals surface area contributed by atoms with Crippen LogP contribution in [0.3, 0.4) is 0 Å². The van der Waals surface area contributed by atoms with Crippen molar-refractivity contribution in [1.82, 2.24) is 4.98 Å². The van der Waals surface area contributed by atoms with Gasteiger partial charge in [0.05, 0.1) is 12.6 Å². The van der Waals surface area contributed by atoms with E-state index in [1.165, 1.54) is 16.7 Å². The third kappa shape index (κ3) is 2.49. The molecule has 0 unspecified atom stereocenters. The zero-order valence-corrected chi connectivity index (χ0v) is 12.9. The van der Waals surface area contributed by atoms with E-state index in [-0.39, 0.29) is 0 Å². The van der Waals surface area contributed by atoms with Gasteiger partial charge in [0.25, 0.3) is 0 Å². The van der Waals surface area contributed by atoms with Crippen molar-refractivity contribution < 1.29 is 4.74 Å². The van der Waals surface area contributed by atoms with Gasteiger partial charge in [-0.2, -0.15) is 0 Å². The van der Waals surface area contributed by atoms with Crippen LogP contribution in [0.5, 0.6) is 5.75 Å². The highest BCUT2D eigenvalue weighted by molar-refractivity contribution is 5.90. The van der Waals surface area contributed by atoms with Crippen molar-refractivity contribution in [2.45, 2.75) is 0 Å². The highest BCUT2D eigenvalue weighted by Crippen LogP contribution is 2.31. The second-order valence-electron chi connectivity index (χ2n) is 5.55. The molecular weight excluding hydrogens is 282 g/mol. The molecule has 23 heavy (non-hydrogen) atoms. The SMILES string of the molecule is COc1cccc2cc(-c3ccc(-c4ccccc4)cc3)[nH]c12. The third-order valence-corrected chi connectivity index (χ3v) is 4.14. The molecule has 2 heteroatoms. The molecule has 2 nitrogen and oxygen atoms in total. The molecule has 0 atom stereocenters. The fourth-order valence-electron chi connectivity index (χ4n) is 2.93. The molecule has 1 aromatic heterocycles. The molecule has 3 aromatic carbocycles. The van der Waals surface area contributed by atoms with Gasteiger partial charge in [-0.3, -0.25) is 0 Å². The second kappa shape index (κ2) is 5.65. The first-order valence-electron chi connectivity index (χ1n) is 7.67. The molecule has 0 aliphatic heterocycles. The Morgan fingerprint density at radius 1 is 0.696 bits per heavy atom. The Balaban J connectivity index is 1.74. The normalized spacial score (nSPS) is 10.8. The highest BCUT2D eigenvalue weighted by Gasteiger charge is 2.07. The molecule has 0 radical (unpaired) electrons. The standard InChI is InChI=1S/C21H17NO/c1-23-20-9-5-8-18-14-19(22-21(18)20)17-12-10-16(11-13-17)15-6-3-2-4-7-15/h2-14,22H,1H3. The van der Waals surface area contributed by atoms with Crippen molar-refractivity contribution in [2.24, 2.45) is 0 Å². The maximum atomic E-state index is 5.42. The Hall–Kier alpha value is -3.00. The molecule has 0 spiro atoms. The van der Waals surface area contributed by atoms with Crippen LogP contribution in [0.1, 0.15) is 0 Å². The molecule has 4 rings (SSSR count). The fourth-order valence-corrected chi connectivity index (χ4v) is 2.93. The molecule has 112 valence electrons. The summed E-state index contributed by atoms with van der Waals surface area (Å²) in [6.45, 7) is 0. The van der Waals surface area contributed by atoms with Gasteiger partial charge in [-0.15, -0.1) is 0 Å². The lowest BCUT2D eigenvalue weighted by atomic mass is 10.0. The van der Waals surface area contributed by atoms with Gasteiger partial charge in [0, 0.05) is 11.1 Å². The second-order valence-corrected chi connectivity index (χ2v) is 5.55. The summed E-state index contributed by atoms with van der Waals surface area (Å²) in [5.74, 6) is 0.870. The Bertz CT molecular complexity index is 937. The Morgan fingerprint density at radius 3 is 2.13 bits per heavy atom. The molecule has 1 N–H and O–H groups in total. The van der Waals surface area contributed by atoms with E-state index in [1.807, 2.05) is 18.2 Å². The summed E-state index contributed by atoms with van der Waals surface area (Å²) in [5, 5.41) is 1.16. The first kappa shape index (κ1) is 13.6. The zero-order chi connectivity index (χ0) is 15.6. The van der Waals surface area contributed by atoms with Gasteiger partial charge < -0.3 is 9.72 Å². The maximum Gasteiger partial charge on any atom is 0.142 e. The minimum atomic E-state index is 0.870. The summed E-state index contributed by atoms with van der Waals surface area (Å²) in [6, 6.07) is 27.3. The van der Waals surface area contributed by atoms with Gasteiger partial charge in [0.15, 0.2) is 0 Å². The van der Waals surface area contributed by atoms with Crippen LogP contribution in [-0.4, -0.2) is 12.1 Å². The van der Waals surface area contributed by atoms with Crippen molar-refractivity contribution in [3.05, 3.63) is 78.9 Å². The van der Waals surface area contributed by atoms with E-state index in [0.717, 1.165) is 22.3 Å². The smallest absolute Gasteiger partial charge is 0.142 e. The van der Waals surface area contributed by atoms with Gasteiger partial charge in [0.2, 0.25) is 0 Å². The maximum absolute atomic E-state index is 5.42. The quantitative estimate of drug-likeness (QED) is 0.530. The third-order valence-electron chi connectivity index (χ3n) is 4.14. The number of methoxy groups -OCH3 is 1. The predicted octanol–water partition coefficient (Wildman–Crippen LogP) is 5.51. The highest BCUT2D eigenvalue weighted by atomic mass is 16.5. The Kier molecular flexibility index (Phi) is 3.35. The Labute approximate surface area is 135 Å². The van der Waals surface area contributed by atoms with Crippen LogP contribution in [0, 0.1) is 0 Å². The molecule has 0 amide bonds. The van der Waals surface area contributed by atoms with Gasteiger partial charge in [-0.25, -0.2) is 0 Å². The molecule has 4 aromatic rings. The van der Waals surface area contributed by atoms with E-state index in [0.29, 0.717) is 0 Å². The van der Waals surface area contributed by atoms with E-state index in [9.17, 15) is 0 Å². The van der Waals surface area contributed by atoms with Gasteiger partial charge in [0.1, 0.15) is 5.75 Å². The number of fused-ring (bicyclic) bond motifs is 1. The van der Waals surface area contributed by atoms with Crippen LogP contribution >= 0.6 is 0 Å². The number of hydrogen-bond acceptors (Lipinski definition) is 1. The summed E-state index contributed by atoms with van der Waals surface area (Å²) < 4.78 is 5.42. The fraction of sp³-hybridized carbons (Fsp3) is 0.0476. The minimum absolute atomic E-state index is 0.870. The summed E-state index contributed by atoms with van der Waals surface area (Å²) >= 11 is 0. The number of hydrogen-bond donors (Lipinski definition) is 1. The number of ether oxygens (including phenoxy) is 1. The number of aromatic amines is 1. The molecule has 1 heterocycles. The number of nitrogens with one attached hydrogen (secondary N) is 1. The van der Waals surface area contributed by atoms with Crippen molar-refractivity contribution in [3.63, 3.8) is 0 Å². The van der Waals surface area contributed by atoms with E-state index < -0.39 is 0 Å². The first-order valence-corrected chi connectivity index (χ1v) is 7.67. The van der Waals surface area contributed by atoms with Crippen molar-refractivity contribution in [1.29, 1.82) is 0 Å². The Morgan fingerprint density at radius 2 is 1.39 bits per heavy atom. The molecule has 0 saturated carbocycles. The minimum Gasteiger partial charge on any atom is -0.495 e. The van der Waals surface area contributed by atoms with Crippen molar-refractivity contribution in [3.8, 4) is 28.1 Å². The van der Waals surface area contributed by atoms with Crippen LogP contribution in [0.25, 0.3) is 33.3 Å². The first-order chi connectivity index (χ1) is 11.3.